The Hall–Kier alpha value is -1.84. The molecular formula is C15H10Cl2N2O. The number of rotatable bonds is 3. The van der Waals surface area contributed by atoms with Crippen LogP contribution in [-0.4, -0.2) is 9.97 Å². The number of nitrogens with zero attached hydrogens (tertiary/aromatic N) is 2. The number of hydrogen-bond donors (Lipinski definition) is 0. The molecule has 3 rings (SSSR count). The lowest BCUT2D eigenvalue weighted by Gasteiger charge is -2.07. The van der Waals surface area contributed by atoms with Gasteiger partial charge >= 0.3 is 0 Å². The van der Waals surface area contributed by atoms with E-state index in [0.29, 0.717) is 22.5 Å². The van der Waals surface area contributed by atoms with E-state index in [-0.39, 0.29) is 0 Å². The van der Waals surface area contributed by atoms with Gasteiger partial charge in [0.05, 0.1) is 11.7 Å². The molecule has 0 spiro atoms. The van der Waals surface area contributed by atoms with Crippen LogP contribution in [0.5, 0.6) is 11.6 Å². The van der Waals surface area contributed by atoms with Gasteiger partial charge in [0.2, 0.25) is 5.88 Å². The number of fused-ring (bicyclic) bond motifs is 1. The van der Waals surface area contributed by atoms with Gasteiger partial charge in [-0.15, -0.1) is 11.6 Å². The number of aromatic nitrogens is 2. The van der Waals surface area contributed by atoms with E-state index < -0.39 is 0 Å². The average molecular weight is 305 g/mol. The van der Waals surface area contributed by atoms with Crippen LogP contribution in [0.3, 0.4) is 0 Å². The van der Waals surface area contributed by atoms with E-state index in [2.05, 4.69) is 9.97 Å². The summed E-state index contributed by atoms with van der Waals surface area (Å²) in [7, 11) is 0. The molecule has 0 radical (unpaired) electrons. The minimum absolute atomic E-state index is 0.345. The summed E-state index contributed by atoms with van der Waals surface area (Å²) in [6, 6.07) is 11.5. The van der Waals surface area contributed by atoms with Crippen LogP contribution in [0.1, 0.15) is 5.56 Å². The van der Waals surface area contributed by atoms with Crippen molar-refractivity contribution >= 4 is 34.1 Å². The molecule has 0 saturated heterocycles. The number of hydrogen-bond acceptors (Lipinski definition) is 3. The molecule has 0 fully saturated rings. The highest BCUT2D eigenvalue weighted by atomic mass is 35.5. The van der Waals surface area contributed by atoms with Crippen molar-refractivity contribution < 1.29 is 4.74 Å². The van der Waals surface area contributed by atoms with E-state index in [1.54, 1.807) is 18.5 Å². The second kappa shape index (κ2) is 5.65. The van der Waals surface area contributed by atoms with Gasteiger partial charge in [0.1, 0.15) is 10.8 Å². The quantitative estimate of drug-likeness (QED) is 0.651. The first-order chi connectivity index (χ1) is 9.76. The molecule has 20 heavy (non-hydrogen) atoms. The molecule has 1 aromatic carbocycles. The van der Waals surface area contributed by atoms with E-state index in [4.69, 9.17) is 27.9 Å². The zero-order chi connectivity index (χ0) is 13.9. The van der Waals surface area contributed by atoms with Crippen molar-refractivity contribution in [1.29, 1.82) is 0 Å². The molecule has 3 aromatic rings. The summed E-state index contributed by atoms with van der Waals surface area (Å²) in [6.45, 7) is 0. The van der Waals surface area contributed by atoms with Gasteiger partial charge in [-0.1, -0.05) is 29.8 Å². The summed E-state index contributed by atoms with van der Waals surface area (Å²) in [5.74, 6) is 1.30. The van der Waals surface area contributed by atoms with Gasteiger partial charge in [-0.3, -0.25) is 4.98 Å². The fourth-order valence-corrected chi connectivity index (χ4v) is 2.21. The van der Waals surface area contributed by atoms with Crippen molar-refractivity contribution in [1.82, 2.24) is 9.97 Å². The topological polar surface area (TPSA) is 35.0 Å². The molecule has 3 nitrogen and oxygen atoms in total. The van der Waals surface area contributed by atoms with E-state index in [1.165, 1.54) is 0 Å². The Morgan fingerprint density at radius 1 is 1.05 bits per heavy atom. The molecule has 0 aliphatic rings. The van der Waals surface area contributed by atoms with Crippen LogP contribution in [0.4, 0.5) is 0 Å². The lowest BCUT2D eigenvalue weighted by Crippen LogP contribution is -1.91. The van der Waals surface area contributed by atoms with Crippen LogP contribution < -0.4 is 4.74 Å². The first-order valence-corrected chi connectivity index (χ1v) is 6.90. The second-order valence-electron chi connectivity index (χ2n) is 4.23. The van der Waals surface area contributed by atoms with Gasteiger partial charge in [-0.2, -0.15) is 0 Å². The Morgan fingerprint density at radius 3 is 2.70 bits per heavy atom. The maximum atomic E-state index is 6.11. The van der Waals surface area contributed by atoms with Crippen LogP contribution in [-0.2, 0) is 5.88 Å². The van der Waals surface area contributed by atoms with Crippen molar-refractivity contribution in [3.63, 3.8) is 0 Å². The third-order valence-corrected chi connectivity index (χ3v) is 3.38. The molecule has 0 amide bonds. The third kappa shape index (κ3) is 2.69. The summed E-state index contributed by atoms with van der Waals surface area (Å²) >= 11 is 11.8. The van der Waals surface area contributed by atoms with Crippen LogP contribution >= 0.6 is 23.2 Å². The zero-order valence-electron chi connectivity index (χ0n) is 10.4. The zero-order valence-corrected chi connectivity index (χ0v) is 11.9. The van der Waals surface area contributed by atoms with E-state index in [0.717, 1.165) is 16.5 Å². The number of para-hydroxylation sites is 1. The lowest BCUT2D eigenvalue weighted by molar-refractivity contribution is 0.462. The van der Waals surface area contributed by atoms with Gasteiger partial charge in [0, 0.05) is 17.5 Å². The molecular weight excluding hydrogens is 295 g/mol. The normalized spacial score (nSPS) is 10.7. The van der Waals surface area contributed by atoms with E-state index in [9.17, 15) is 0 Å². The van der Waals surface area contributed by atoms with Crippen molar-refractivity contribution in [2.45, 2.75) is 5.88 Å². The molecule has 100 valence electrons. The van der Waals surface area contributed by atoms with E-state index in [1.807, 2.05) is 30.3 Å². The van der Waals surface area contributed by atoms with Crippen molar-refractivity contribution in [3.05, 3.63) is 59.4 Å². The van der Waals surface area contributed by atoms with Crippen LogP contribution in [0.15, 0.2) is 48.8 Å². The van der Waals surface area contributed by atoms with Crippen molar-refractivity contribution in [3.8, 4) is 11.6 Å². The molecule has 2 heterocycles. The van der Waals surface area contributed by atoms with Crippen molar-refractivity contribution in [2.24, 2.45) is 0 Å². The first kappa shape index (κ1) is 13.2. The summed E-state index contributed by atoms with van der Waals surface area (Å²) in [4.78, 5) is 8.48. The molecule has 0 N–H and O–H groups in total. The van der Waals surface area contributed by atoms with Gasteiger partial charge in [-0.05, 0) is 23.8 Å². The Balaban J connectivity index is 1.92. The molecule has 0 unspecified atom stereocenters. The Morgan fingerprint density at radius 2 is 1.90 bits per heavy atom. The monoisotopic (exact) mass is 304 g/mol. The van der Waals surface area contributed by atoms with Crippen LogP contribution in [0.25, 0.3) is 10.9 Å². The average Bonchev–Trinajstić information content (AvgIpc) is 2.49. The Bertz CT molecular complexity index is 762. The highest BCUT2D eigenvalue weighted by molar-refractivity contribution is 6.32. The maximum Gasteiger partial charge on any atom is 0.238 e. The predicted octanol–water partition coefficient (Wildman–Crippen LogP) is 4.81. The number of alkyl halides is 1. The molecule has 0 aliphatic carbocycles. The Kier molecular flexibility index (Phi) is 3.72. The SMILES string of the molecule is ClCc1cnc(Oc2cnc3ccccc3c2)c(Cl)c1. The lowest BCUT2D eigenvalue weighted by atomic mass is 10.2. The summed E-state index contributed by atoms with van der Waals surface area (Å²) in [5.41, 5.74) is 1.76. The third-order valence-electron chi connectivity index (χ3n) is 2.80. The highest BCUT2D eigenvalue weighted by Gasteiger charge is 2.07. The van der Waals surface area contributed by atoms with Gasteiger partial charge in [0.25, 0.3) is 0 Å². The fraction of sp³-hybridized carbons (Fsp3) is 0.0667. The number of halogens is 2. The molecule has 0 saturated carbocycles. The second-order valence-corrected chi connectivity index (χ2v) is 4.90. The van der Waals surface area contributed by atoms with Gasteiger partial charge < -0.3 is 4.74 Å². The predicted molar refractivity (Wildman–Crippen MR) is 80.6 cm³/mol. The van der Waals surface area contributed by atoms with Crippen LogP contribution in [0.2, 0.25) is 5.02 Å². The minimum atomic E-state index is 0.345. The van der Waals surface area contributed by atoms with Gasteiger partial charge in [0.15, 0.2) is 0 Å². The van der Waals surface area contributed by atoms with E-state index >= 15 is 0 Å². The number of pyridine rings is 2. The molecule has 0 aliphatic heterocycles. The summed E-state index contributed by atoms with van der Waals surface area (Å²) in [6.07, 6.45) is 3.29. The molecule has 5 heteroatoms. The maximum absolute atomic E-state index is 6.11. The largest absolute Gasteiger partial charge is 0.436 e. The summed E-state index contributed by atoms with van der Waals surface area (Å²) < 4.78 is 5.67. The number of ether oxygens (including phenoxy) is 1. The van der Waals surface area contributed by atoms with Crippen molar-refractivity contribution in [2.75, 3.05) is 0 Å². The first-order valence-electron chi connectivity index (χ1n) is 5.99. The molecule has 0 atom stereocenters. The standard InChI is InChI=1S/C15H10Cl2N2O/c16-7-10-5-13(17)15(19-8-10)20-12-6-11-3-1-2-4-14(11)18-9-12/h1-6,8-9H,7H2. The van der Waals surface area contributed by atoms with Crippen LogP contribution in [0, 0.1) is 0 Å². The highest BCUT2D eigenvalue weighted by Crippen LogP contribution is 2.29. The fourth-order valence-electron chi connectivity index (χ4n) is 1.83. The Labute approximate surface area is 126 Å². The number of benzene rings is 1. The molecule has 2 aromatic heterocycles. The molecule has 0 bridgehead atoms. The summed E-state index contributed by atoms with van der Waals surface area (Å²) in [5, 5.41) is 1.43. The minimum Gasteiger partial charge on any atom is -0.436 e. The smallest absolute Gasteiger partial charge is 0.238 e. The van der Waals surface area contributed by atoms with Gasteiger partial charge in [-0.25, -0.2) is 4.98 Å².